The zero-order valence-electron chi connectivity index (χ0n) is 13.9. The molecule has 0 heterocycles. The molecule has 0 radical (unpaired) electrons. The highest BCUT2D eigenvalue weighted by atomic mass is 16.6. The summed E-state index contributed by atoms with van der Waals surface area (Å²) in [5.74, 6) is -1.89. The number of carbonyl (C=O) groups is 3. The molecule has 6 heteroatoms. The van der Waals surface area contributed by atoms with Crippen LogP contribution in [0.25, 0.3) is 0 Å². The standard InChI is InChI=1S/C16H28O6/c1-4-6-8-10-20-15(18)12-14(22-13(3)17)16(19)21-11-9-7-5-2/h14H,4-12H2,1-3H3. The van der Waals surface area contributed by atoms with E-state index < -0.39 is 24.0 Å². The van der Waals surface area contributed by atoms with Crippen LogP contribution in [0.5, 0.6) is 0 Å². The minimum atomic E-state index is -1.22. The molecule has 0 fully saturated rings. The SMILES string of the molecule is CCCCCOC(=O)CC(OC(C)=O)C(=O)OCCCCC. The Bertz CT molecular complexity index is 340. The van der Waals surface area contributed by atoms with E-state index in [1.807, 2.05) is 13.8 Å². The van der Waals surface area contributed by atoms with Gasteiger partial charge < -0.3 is 14.2 Å². The fraction of sp³-hybridized carbons (Fsp3) is 0.812. The van der Waals surface area contributed by atoms with Crippen LogP contribution in [-0.4, -0.2) is 37.2 Å². The lowest BCUT2D eigenvalue weighted by atomic mass is 10.2. The van der Waals surface area contributed by atoms with Crippen LogP contribution in [0.1, 0.15) is 65.7 Å². The smallest absolute Gasteiger partial charge is 0.348 e. The summed E-state index contributed by atoms with van der Waals surface area (Å²) in [5, 5.41) is 0. The molecule has 0 aromatic rings. The summed E-state index contributed by atoms with van der Waals surface area (Å²) in [6.45, 7) is 5.84. The minimum Gasteiger partial charge on any atom is -0.466 e. The predicted molar refractivity (Wildman–Crippen MR) is 81.1 cm³/mol. The zero-order valence-corrected chi connectivity index (χ0v) is 13.9. The van der Waals surface area contributed by atoms with E-state index in [4.69, 9.17) is 14.2 Å². The Kier molecular flexibility index (Phi) is 12.2. The Morgan fingerprint density at radius 2 is 1.41 bits per heavy atom. The van der Waals surface area contributed by atoms with Crippen molar-refractivity contribution >= 4 is 17.9 Å². The number of ether oxygens (including phenoxy) is 3. The first-order valence-electron chi connectivity index (χ1n) is 8.00. The summed E-state index contributed by atoms with van der Waals surface area (Å²) in [7, 11) is 0. The summed E-state index contributed by atoms with van der Waals surface area (Å²) < 4.78 is 14.9. The summed E-state index contributed by atoms with van der Waals surface area (Å²) in [6, 6.07) is 0. The maximum Gasteiger partial charge on any atom is 0.348 e. The lowest BCUT2D eigenvalue weighted by Gasteiger charge is -2.15. The third-order valence-corrected chi connectivity index (χ3v) is 2.93. The van der Waals surface area contributed by atoms with Gasteiger partial charge in [0.05, 0.1) is 19.6 Å². The van der Waals surface area contributed by atoms with Crippen LogP contribution < -0.4 is 0 Å². The quantitative estimate of drug-likeness (QED) is 0.313. The first-order chi connectivity index (χ1) is 10.5. The molecule has 0 aromatic heterocycles. The maximum absolute atomic E-state index is 11.8. The topological polar surface area (TPSA) is 78.9 Å². The second-order valence-electron chi connectivity index (χ2n) is 5.10. The Morgan fingerprint density at radius 3 is 1.91 bits per heavy atom. The fourth-order valence-electron chi connectivity index (χ4n) is 1.74. The van der Waals surface area contributed by atoms with Crippen LogP contribution in [0.3, 0.4) is 0 Å². The monoisotopic (exact) mass is 316 g/mol. The lowest BCUT2D eigenvalue weighted by Crippen LogP contribution is -2.31. The van der Waals surface area contributed by atoms with Gasteiger partial charge in [0.25, 0.3) is 0 Å². The van der Waals surface area contributed by atoms with Crippen molar-refractivity contribution < 1.29 is 28.6 Å². The van der Waals surface area contributed by atoms with Crippen molar-refractivity contribution in [2.24, 2.45) is 0 Å². The van der Waals surface area contributed by atoms with Crippen LogP contribution in [-0.2, 0) is 28.6 Å². The number of unbranched alkanes of at least 4 members (excludes halogenated alkanes) is 4. The van der Waals surface area contributed by atoms with E-state index in [0.717, 1.165) is 38.5 Å². The van der Waals surface area contributed by atoms with E-state index >= 15 is 0 Å². The Labute approximate surface area is 132 Å². The first kappa shape index (κ1) is 20.4. The normalized spacial score (nSPS) is 11.6. The molecule has 0 saturated heterocycles. The number of rotatable bonds is 12. The summed E-state index contributed by atoms with van der Waals surface area (Å²) in [4.78, 5) is 34.5. The van der Waals surface area contributed by atoms with E-state index in [2.05, 4.69) is 0 Å². The van der Waals surface area contributed by atoms with Crippen molar-refractivity contribution in [3.8, 4) is 0 Å². The van der Waals surface area contributed by atoms with Gasteiger partial charge in [-0.3, -0.25) is 9.59 Å². The van der Waals surface area contributed by atoms with Gasteiger partial charge in [-0.2, -0.15) is 0 Å². The molecule has 0 spiro atoms. The molecular weight excluding hydrogens is 288 g/mol. The molecule has 0 N–H and O–H groups in total. The highest BCUT2D eigenvalue weighted by Gasteiger charge is 2.27. The van der Waals surface area contributed by atoms with Gasteiger partial charge in [-0.1, -0.05) is 39.5 Å². The molecule has 6 nitrogen and oxygen atoms in total. The number of carbonyl (C=O) groups excluding carboxylic acids is 3. The average molecular weight is 316 g/mol. The molecule has 22 heavy (non-hydrogen) atoms. The van der Waals surface area contributed by atoms with E-state index in [1.165, 1.54) is 6.92 Å². The molecule has 0 bridgehead atoms. The summed E-state index contributed by atoms with van der Waals surface area (Å²) >= 11 is 0. The molecule has 1 atom stereocenters. The van der Waals surface area contributed by atoms with Crippen LogP contribution in [0.2, 0.25) is 0 Å². The van der Waals surface area contributed by atoms with Gasteiger partial charge in [-0.25, -0.2) is 4.79 Å². The number of hydrogen-bond donors (Lipinski definition) is 0. The Balaban J connectivity index is 4.22. The van der Waals surface area contributed by atoms with Crippen molar-refractivity contribution in [2.75, 3.05) is 13.2 Å². The van der Waals surface area contributed by atoms with E-state index in [-0.39, 0.29) is 13.0 Å². The molecule has 0 aromatic carbocycles. The zero-order chi connectivity index (χ0) is 16.8. The van der Waals surface area contributed by atoms with Gasteiger partial charge in [0.2, 0.25) is 6.10 Å². The van der Waals surface area contributed by atoms with Crippen molar-refractivity contribution in [1.29, 1.82) is 0 Å². The molecule has 1 unspecified atom stereocenters. The fourth-order valence-corrected chi connectivity index (χ4v) is 1.74. The molecule has 0 saturated carbocycles. The van der Waals surface area contributed by atoms with Crippen molar-refractivity contribution in [3.63, 3.8) is 0 Å². The number of hydrogen-bond acceptors (Lipinski definition) is 6. The predicted octanol–water partition coefficient (Wildman–Crippen LogP) is 2.78. The van der Waals surface area contributed by atoms with Crippen LogP contribution in [0.4, 0.5) is 0 Å². The van der Waals surface area contributed by atoms with E-state index in [0.29, 0.717) is 6.61 Å². The summed E-state index contributed by atoms with van der Waals surface area (Å²) in [5.41, 5.74) is 0. The van der Waals surface area contributed by atoms with Gasteiger partial charge in [-0.15, -0.1) is 0 Å². The summed E-state index contributed by atoms with van der Waals surface area (Å²) in [6.07, 6.45) is 3.95. The van der Waals surface area contributed by atoms with Crippen molar-refractivity contribution in [2.45, 2.75) is 71.8 Å². The molecule has 128 valence electrons. The van der Waals surface area contributed by atoms with Gasteiger partial charge >= 0.3 is 17.9 Å². The van der Waals surface area contributed by atoms with Gasteiger partial charge in [-0.05, 0) is 12.8 Å². The molecule has 0 aliphatic carbocycles. The van der Waals surface area contributed by atoms with Crippen molar-refractivity contribution in [1.82, 2.24) is 0 Å². The number of esters is 3. The van der Waals surface area contributed by atoms with Crippen LogP contribution in [0.15, 0.2) is 0 Å². The van der Waals surface area contributed by atoms with Crippen LogP contribution >= 0.6 is 0 Å². The second-order valence-corrected chi connectivity index (χ2v) is 5.10. The van der Waals surface area contributed by atoms with E-state index in [9.17, 15) is 14.4 Å². The highest BCUT2D eigenvalue weighted by Crippen LogP contribution is 2.06. The lowest BCUT2D eigenvalue weighted by molar-refractivity contribution is -0.171. The molecular formula is C16H28O6. The van der Waals surface area contributed by atoms with Gasteiger partial charge in [0, 0.05) is 6.92 Å². The Hall–Kier alpha value is -1.59. The van der Waals surface area contributed by atoms with Crippen molar-refractivity contribution in [3.05, 3.63) is 0 Å². The maximum atomic E-state index is 11.8. The molecule has 0 rings (SSSR count). The third-order valence-electron chi connectivity index (χ3n) is 2.93. The average Bonchev–Trinajstić information content (AvgIpc) is 2.47. The largest absolute Gasteiger partial charge is 0.466 e. The second kappa shape index (κ2) is 13.1. The molecule has 0 amide bonds. The third kappa shape index (κ3) is 11.1. The first-order valence-corrected chi connectivity index (χ1v) is 8.00. The molecule has 0 aliphatic rings. The Morgan fingerprint density at radius 1 is 0.864 bits per heavy atom. The highest BCUT2D eigenvalue weighted by molar-refractivity contribution is 5.84. The van der Waals surface area contributed by atoms with E-state index in [1.54, 1.807) is 0 Å². The minimum absolute atomic E-state index is 0.260. The molecule has 0 aliphatic heterocycles. The van der Waals surface area contributed by atoms with Gasteiger partial charge in [0.15, 0.2) is 0 Å². The van der Waals surface area contributed by atoms with Gasteiger partial charge in [0.1, 0.15) is 0 Å². The van der Waals surface area contributed by atoms with Crippen LogP contribution in [0, 0.1) is 0 Å².